The first-order valence-electron chi connectivity index (χ1n) is 10.2. The third-order valence-corrected chi connectivity index (χ3v) is 7.27. The van der Waals surface area contributed by atoms with Crippen LogP contribution in [0.1, 0.15) is 18.9 Å². The van der Waals surface area contributed by atoms with E-state index in [2.05, 4.69) is 5.32 Å². The molecule has 0 saturated heterocycles. The first-order chi connectivity index (χ1) is 15.9. The van der Waals surface area contributed by atoms with Crippen molar-refractivity contribution in [1.82, 2.24) is 10.2 Å². The van der Waals surface area contributed by atoms with Gasteiger partial charge in [-0.1, -0.05) is 47.8 Å². The van der Waals surface area contributed by atoms with E-state index < -0.39 is 34.4 Å². The van der Waals surface area contributed by atoms with Crippen LogP contribution in [0.15, 0.2) is 36.4 Å². The van der Waals surface area contributed by atoms with Crippen LogP contribution in [0.5, 0.6) is 5.75 Å². The molecule has 1 atom stereocenters. The quantitative estimate of drug-likeness (QED) is 0.483. The second kappa shape index (κ2) is 12.0. The van der Waals surface area contributed by atoms with Crippen molar-refractivity contribution < 1.29 is 22.7 Å². The molecule has 2 rings (SSSR count). The molecule has 0 aromatic heterocycles. The smallest absolute Gasteiger partial charge is 0.244 e. The van der Waals surface area contributed by atoms with E-state index in [-0.39, 0.29) is 23.7 Å². The highest BCUT2D eigenvalue weighted by Crippen LogP contribution is 2.31. The number of hydrogen-bond donors (Lipinski definition) is 1. The SMILES string of the molecule is CC[C@@H](C(=O)NC)N(Cc1c(Cl)cccc1Cl)C(=O)CN(c1ccc(OC)c(Cl)c1)S(C)(=O)=O. The average Bonchev–Trinajstić information content (AvgIpc) is 2.77. The molecule has 0 spiro atoms. The largest absolute Gasteiger partial charge is 0.495 e. The van der Waals surface area contributed by atoms with Crippen LogP contribution in [-0.2, 0) is 26.2 Å². The molecule has 8 nitrogen and oxygen atoms in total. The lowest BCUT2D eigenvalue weighted by atomic mass is 10.1. The van der Waals surface area contributed by atoms with Crippen LogP contribution < -0.4 is 14.4 Å². The number of benzene rings is 2. The van der Waals surface area contributed by atoms with E-state index >= 15 is 0 Å². The van der Waals surface area contributed by atoms with E-state index in [0.717, 1.165) is 10.6 Å². The third-order valence-electron chi connectivity index (χ3n) is 5.13. The fourth-order valence-electron chi connectivity index (χ4n) is 3.36. The van der Waals surface area contributed by atoms with Crippen LogP contribution >= 0.6 is 34.8 Å². The molecular weight excluding hydrogens is 525 g/mol. The molecule has 0 aliphatic carbocycles. The predicted molar refractivity (Wildman–Crippen MR) is 135 cm³/mol. The Bertz CT molecular complexity index is 1140. The van der Waals surface area contributed by atoms with Gasteiger partial charge >= 0.3 is 0 Å². The molecule has 0 fully saturated rings. The Hall–Kier alpha value is -2.20. The number of hydrogen-bond acceptors (Lipinski definition) is 5. The summed E-state index contributed by atoms with van der Waals surface area (Å²) in [5, 5.41) is 3.36. The van der Waals surface area contributed by atoms with Crippen LogP contribution in [0.25, 0.3) is 0 Å². The fourth-order valence-corrected chi connectivity index (χ4v) is 4.97. The number of rotatable bonds is 10. The maximum absolute atomic E-state index is 13.5. The van der Waals surface area contributed by atoms with Gasteiger partial charge in [-0.05, 0) is 36.8 Å². The van der Waals surface area contributed by atoms with Gasteiger partial charge in [-0.25, -0.2) is 8.42 Å². The number of likely N-dealkylation sites (N-methyl/N-ethyl adjacent to an activating group) is 1. The number of carbonyl (C=O) groups excluding carboxylic acids is 2. The van der Waals surface area contributed by atoms with Crippen molar-refractivity contribution in [2.24, 2.45) is 0 Å². The van der Waals surface area contributed by atoms with Crippen molar-refractivity contribution in [3.05, 3.63) is 57.0 Å². The second-order valence-electron chi connectivity index (χ2n) is 7.35. The molecule has 1 N–H and O–H groups in total. The van der Waals surface area contributed by atoms with Crippen molar-refractivity contribution in [1.29, 1.82) is 0 Å². The Labute approximate surface area is 214 Å². The molecule has 0 aliphatic heterocycles. The summed E-state index contributed by atoms with van der Waals surface area (Å²) in [6, 6.07) is 8.38. The van der Waals surface area contributed by atoms with Crippen molar-refractivity contribution in [2.45, 2.75) is 25.9 Å². The lowest BCUT2D eigenvalue weighted by molar-refractivity contribution is -0.140. The Morgan fingerprint density at radius 3 is 2.18 bits per heavy atom. The standard InChI is InChI=1S/C22H26Cl3N3O5S/c1-5-19(22(30)26-2)27(12-15-16(23)7-6-8-17(15)24)21(29)13-28(34(4,31)32)14-9-10-20(33-3)18(25)11-14/h6-11,19H,5,12-13H2,1-4H3,(H,26,30)/t19-/m0/s1. The van der Waals surface area contributed by atoms with Gasteiger partial charge in [-0.15, -0.1) is 0 Å². The summed E-state index contributed by atoms with van der Waals surface area (Å²) in [5.41, 5.74) is 0.616. The van der Waals surface area contributed by atoms with Gasteiger partial charge in [0, 0.05) is 29.2 Å². The van der Waals surface area contributed by atoms with Crippen LogP contribution in [0, 0.1) is 0 Å². The van der Waals surface area contributed by atoms with Crippen LogP contribution in [-0.4, -0.2) is 58.1 Å². The normalized spacial score (nSPS) is 12.1. The third kappa shape index (κ3) is 6.69. The molecule has 0 aliphatic rings. The van der Waals surface area contributed by atoms with Gasteiger partial charge in [0.05, 0.1) is 24.1 Å². The highest BCUT2D eigenvalue weighted by Gasteiger charge is 2.32. The maximum atomic E-state index is 13.5. The van der Waals surface area contributed by atoms with E-state index in [1.54, 1.807) is 25.1 Å². The van der Waals surface area contributed by atoms with E-state index in [9.17, 15) is 18.0 Å². The van der Waals surface area contributed by atoms with Crippen molar-refractivity contribution >= 4 is 62.3 Å². The van der Waals surface area contributed by atoms with E-state index in [1.165, 1.54) is 37.3 Å². The number of anilines is 1. The van der Waals surface area contributed by atoms with Crippen LogP contribution in [0.4, 0.5) is 5.69 Å². The molecule has 186 valence electrons. The van der Waals surface area contributed by atoms with Gasteiger partial charge in [-0.3, -0.25) is 13.9 Å². The zero-order valence-electron chi connectivity index (χ0n) is 19.1. The number of methoxy groups -OCH3 is 1. The molecule has 2 amide bonds. The molecular formula is C22H26Cl3N3O5S. The molecule has 2 aromatic carbocycles. The fraction of sp³-hybridized carbons (Fsp3) is 0.364. The van der Waals surface area contributed by atoms with Gasteiger partial charge < -0.3 is 15.0 Å². The topological polar surface area (TPSA) is 96.0 Å². The Kier molecular flexibility index (Phi) is 9.87. The Morgan fingerprint density at radius 1 is 1.09 bits per heavy atom. The first-order valence-corrected chi connectivity index (χ1v) is 13.2. The molecule has 0 radical (unpaired) electrons. The average molecular weight is 551 g/mol. The number of nitrogens with one attached hydrogen (secondary N) is 1. The summed E-state index contributed by atoms with van der Waals surface area (Å²) in [6.45, 7) is 1.08. The zero-order chi connectivity index (χ0) is 25.6. The van der Waals surface area contributed by atoms with Crippen molar-refractivity contribution in [2.75, 3.05) is 31.3 Å². The molecule has 0 bridgehead atoms. The lowest BCUT2D eigenvalue weighted by Crippen LogP contribution is -2.51. The van der Waals surface area contributed by atoms with Gasteiger partial charge in [0.1, 0.15) is 18.3 Å². The van der Waals surface area contributed by atoms with E-state index in [0.29, 0.717) is 21.4 Å². The summed E-state index contributed by atoms with van der Waals surface area (Å²) >= 11 is 18.8. The number of sulfonamides is 1. The maximum Gasteiger partial charge on any atom is 0.244 e. The molecule has 12 heteroatoms. The Morgan fingerprint density at radius 2 is 1.71 bits per heavy atom. The molecule has 2 aromatic rings. The van der Waals surface area contributed by atoms with Crippen LogP contribution in [0.3, 0.4) is 0 Å². The summed E-state index contributed by atoms with van der Waals surface area (Å²) in [7, 11) is -1.01. The summed E-state index contributed by atoms with van der Waals surface area (Å²) in [4.78, 5) is 27.4. The molecule has 0 saturated carbocycles. The number of amides is 2. The number of carbonyl (C=O) groups is 2. The zero-order valence-corrected chi connectivity index (χ0v) is 22.2. The lowest BCUT2D eigenvalue weighted by Gasteiger charge is -2.33. The second-order valence-corrected chi connectivity index (χ2v) is 10.5. The minimum Gasteiger partial charge on any atom is -0.495 e. The molecule has 0 heterocycles. The molecule has 0 unspecified atom stereocenters. The number of ether oxygens (including phenoxy) is 1. The van der Waals surface area contributed by atoms with Gasteiger partial charge in [0.2, 0.25) is 21.8 Å². The van der Waals surface area contributed by atoms with Crippen LogP contribution in [0.2, 0.25) is 15.1 Å². The van der Waals surface area contributed by atoms with E-state index in [4.69, 9.17) is 39.5 Å². The number of nitrogens with zero attached hydrogens (tertiary/aromatic N) is 2. The van der Waals surface area contributed by atoms with Crippen molar-refractivity contribution in [3.8, 4) is 5.75 Å². The Balaban J connectivity index is 2.51. The molecule has 34 heavy (non-hydrogen) atoms. The highest BCUT2D eigenvalue weighted by atomic mass is 35.5. The highest BCUT2D eigenvalue weighted by molar-refractivity contribution is 7.92. The monoisotopic (exact) mass is 549 g/mol. The minimum absolute atomic E-state index is 0.0930. The summed E-state index contributed by atoms with van der Waals surface area (Å²) in [5.74, 6) is -0.674. The summed E-state index contributed by atoms with van der Waals surface area (Å²) in [6.07, 6.45) is 1.25. The minimum atomic E-state index is -3.90. The predicted octanol–water partition coefficient (Wildman–Crippen LogP) is 3.97. The summed E-state index contributed by atoms with van der Waals surface area (Å²) < 4.78 is 31.3. The number of halogens is 3. The van der Waals surface area contributed by atoms with Gasteiger partial charge in [-0.2, -0.15) is 0 Å². The van der Waals surface area contributed by atoms with Gasteiger partial charge in [0.25, 0.3) is 0 Å². The van der Waals surface area contributed by atoms with Crippen molar-refractivity contribution in [3.63, 3.8) is 0 Å². The van der Waals surface area contributed by atoms with E-state index in [1.807, 2.05) is 0 Å². The first kappa shape index (κ1) is 28.0. The van der Waals surface area contributed by atoms with Gasteiger partial charge in [0.15, 0.2) is 0 Å².